The van der Waals surface area contributed by atoms with Gasteiger partial charge in [0.15, 0.2) is 11.5 Å². The molecule has 1 heterocycles. The highest BCUT2D eigenvalue weighted by Gasteiger charge is 2.15. The summed E-state index contributed by atoms with van der Waals surface area (Å²) >= 11 is 6.11. The van der Waals surface area contributed by atoms with Gasteiger partial charge in [-0.3, -0.25) is 4.79 Å². The van der Waals surface area contributed by atoms with Gasteiger partial charge in [-0.05, 0) is 48.9 Å². The van der Waals surface area contributed by atoms with Gasteiger partial charge in [-0.15, -0.1) is 10.2 Å². The fraction of sp³-hybridized carbons (Fsp3) is 0.105. The SMILES string of the molecule is Cc1ccc(Nc2ccc(C(=O)N(C)c3ccccc3)nn2)cc1Cl. The topological polar surface area (TPSA) is 58.1 Å². The summed E-state index contributed by atoms with van der Waals surface area (Å²) in [5.74, 6) is 0.322. The van der Waals surface area contributed by atoms with Crippen LogP contribution in [0.1, 0.15) is 16.1 Å². The maximum absolute atomic E-state index is 12.5. The number of rotatable bonds is 4. The Kier molecular flexibility index (Phi) is 4.95. The van der Waals surface area contributed by atoms with E-state index in [0.29, 0.717) is 10.8 Å². The second kappa shape index (κ2) is 7.32. The molecule has 0 saturated carbocycles. The Bertz CT molecular complexity index is 882. The highest BCUT2D eigenvalue weighted by Crippen LogP contribution is 2.22. The van der Waals surface area contributed by atoms with Gasteiger partial charge >= 0.3 is 0 Å². The van der Waals surface area contributed by atoms with Crippen molar-refractivity contribution in [3.63, 3.8) is 0 Å². The number of carbonyl (C=O) groups is 1. The zero-order valence-electron chi connectivity index (χ0n) is 13.9. The van der Waals surface area contributed by atoms with Crippen molar-refractivity contribution < 1.29 is 4.79 Å². The minimum absolute atomic E-state index is 0.219. The lowest BCUT2D eigenvalue weighted by Crippen LogP contribution is -2.27. The molecular weight excluding hydrogens is 336 g/mol. The number of aryl methyl sites for hydroxylation is 1. The van der Waals surface area contributed by atoms with E-state index in [2.05, 4.69) is 15.5 Å². The van der Waals surface area contributed by atoms with Crippen molar-refractivity contribution in [3.8, 4) is 0 Å². The number of amides is 1. The van der Waals surface area contributed by atoms with E-state index >= 15 is 0 Å². The molecule has 5 nitrogen and oxygen atoms in total. The van der Waals surface area contributed by atoms with E-state index in [9.17, 15) is 4.79 Å². The molecule has 0 saturated heterocycles. The van der Waals surface area contributed by atoms with Gasteiger partial charge in [-0.1, -0.05) is 35.9 Å². The van der Waals surface area contributed by atoms with Crippen LogP contribution in [0.5, 0.6) is 0 Å². The maximum atomic E-state index is 12.5. The van der Waals surface area contributed by atoms with Gasteiger partial charge in [-0.25, -0.2) is 0 Å². The summed E-state index contributed by atoms with van der Waals surface area (Å²) in [6.45, 7) is 1.94. The van der Waals surface area contributed by atoms with E-state index in [1.807, 2.05) is 55.5 Å². The predicted octanol–water partition coefficient (Wildman–Crippen LogP) is 4.46. The minimum atomic E-state index is -0.219. The third kappa shape index (κ3) is 3.95. The standard InChI is InChI=1S/C19H17ClN4O/c1-13-8-9-14(12-16(13)20)21-18-11-10-17(22-23-18)19(25)24(2)15-6-4-3-5-7-15/h3-12H,1-2H3,(H,21,23). The molecule has 126 valence electrons. The van der Waals surface area contributed by atoms with Crippen molar-refractivity contribution >= 4 is 34.7 Å². The number of aromatic nitrogens is 2. The van der Waals surface area contributed by atoms with Crippen molar-refractivity contribution in [2.75, 3.05) is 17.3 Å². The van der Waals surface area contributed by atoms with Crippen LogP contribution in [0.25, 0.3) is 0 Å². The summed E-state index contributed by atoms with van der Waals surface area (Å²) in [6.07, 6.45) is 0. The Balaban J connectivity index is 1.73. The molecule has 0 radical (unpaired) electrons. The molecule has 1 N–H and O–H groups in total. The van der Waals surface area contributed by atoms with Crippen LogP contribution in [0.2, 0.25) is 5.02 Å². The number of nitrogens with zero attached hydrogens (tertiary/aromatic N) is 3. The lowest BCUT2D eigenvalue weighted by molar-refractivity contribution is 0.0987. The van der Waals surface area contributed by atoms with E-state index in [0.717, 1.165) is 16.9 Å². The zero-order valence-corrected chi connectivity index (χ0v) is 14.7. The van der Waals surface area contributed by atoms with E-state index in [1.54, 1.807) is 19.2 Å². The Morgan fingerprint density at radius 1 is 1.04 bits per heavy atom. The maximum Gasteiger partial charge on any atom is 0.278 e. The third-order valence-electron chi connectivity index (χ3n) is 3.78. The number of nitrogens with one attached hydrogen (secondary N) is 1. The van der Waals surface area contributed by atoms with E-state index < -0.39 is 0 Å². The van der Waals surface area contributed by atoms with Crippen LogP contribution in [0, 0.1) is 6.92 Å². The van der Waals surface area contributed by atoms with Crippen LogP contribution >= 0.6 is 11.6 Å². The number of para-hydroxylation sites is 1. The van der Waals surface area contributed by atoms with Gasteiger partial charge in [0.2, 0.25) is 0 Å². The van der Waals surface area contributed by atoms with Crippen LogP contribution in [0.4, 0.5) is 17.2 Å². The van der Waals surface area contributed by atoms with Crippen LogP contribution in [0.3, 0.4) is 0 Å². The molecule has 2 aromatic carbocycles. The Morgan fingerprint density at radius 2 is 1.80 bits per heavy atom. The van der Waals surface area contributed by atoms with Gasteiger partial charge in [-0.2, -0.15) is 0 Å². The van der Waals surface area contributed by atoms with Crippen molar-refractivity contribution in [3.05, 3.63) is 76.9 Å². The summed E-state index contributed by atoms with van der Waals surface area (Å²) < 4.78 is 0. The molecule has 6 heteroatoms. The lowest BCUT2D eigenvalue weighted by atomic mass is 10.2. The molecule has 0 atom stereocenters. The molecule has 0 aliphatic heterocycles. The molecule has 1 aromatic heterocycles. The summed E-state index contributed by atoms with van der Waals surface area (Å²) in [6, 6.07) is 18.4. The Hall–Kier alpha value is -2.92. The highest BCUT2D eigenvalue weighted by atomic mass is 35.5. The molecule has 0 aliphatic rings. The first kappa shape index (κ1) is 16.9. The summed E-state index contributed by atoms with van der Waals surface area (Å²) in [4.78, 5) is 14.0. The number of hydrogen-bond donors (Lipinski definition) is 1. The monoisotopic (exact) mass is 352 g/mol. The highest BCUT2D eigenvalue weighted by molar-refractivity contribution is 6.31. The summed E-state index contributed by atoms with van der Waals surface area (Å²) in [5, 5.41) is 11.9. The molecule has 1 amide bonds. The van der Waals surface area contributed by atoms with Gasteiger partial charge < -0.3 is 10.2 Å². The fourth-order valence-corrected chi connectivity index (χ4v) is 2.45. The molecule has 0 bridgehead atoms. The molecule has 0 spiro atoms. The number of halogens is 1. The molecular formula is C19H17ClN4O. The van der Waals surface area contributed by atoms with Crippen LogP contribution < -0.4 is 10.2 Å². The first-order valence-electron chi connectivity index (χ1n) is 7.74. The van der Waals surface area contributed by atoms with Crippen molar-refractivity contribution in [2.45, 2.75) is 6.92 Å². The van der Waals surface area contributed by atoms with Gasteiger partial charge in [0.05, 0.1) is 0 Å². The average molecular weight is 353 g/mol. The Morgan fingerprint density at radius 3 is 2.44 bits per heavy atom. The largest absolute Gasteiger partial charge is 0.339 e. The summed E-state index contributed by atoms with van der Waals surface area (Å²) in [7, 11) is 1.71. The molecule has 0 unspecified atom stereocenters. The number of benzene rings is 2. The van der Waals surface area contributed by atoms with Crippen LogP contribution in [-0.4, -0.2) is 23.2 Å². The van der Waals surface area contributed by atoms with E-state index in [4.69, 9.17) is 11.6 Å². The van der Waals surface area contributed by atoms with Crippen molar-refractivity contribution in [1.82, 2.24) is 10.2 Å². The molecule has 3 aromatic rings. The van der Waals surface area contributed by atoms with Gasteiger partial charge in [0.25, 0.3) is 5.91 Å². The first-order chi connectivity index (χ1) is 12.0. The Labute approximate surface area is 151 Å². The number of hydrogen-bond acceptors (Lipinski definition) is 4. The molecule has 0 aliphatic carbocycles. The second-order valence-electron chi connectivity index (χ2n) is 5.59. The lowest BCUT2D eigenvalue weighted by Gasteiger charge is -2.16. The minimum Gasteiger partial charge on any atom is -0.339 e. The van der Waals surface area contributed by atoms with Gasteiger partial charge in [0, 0.05) is 23.4 Å². The average Bonchev–Trinajstić information content (AvgIpc) is 2.65. The normalized spacial score (nSPS) is 10.4. The molecule has 25 heavy (non-hydrogen) atoms. The quantitative estimate of drug-likeness (QED) is 0.753. The third-order valence-corrected chi connectivity index (χ3v) is 4.18. The summed E-state index contributed by atoms with van der Waals surface area (Å²) in [5.41, 5.74) is 2.89. The molecule has 0 fully saturated rings. The van der Waals surface area contributed by atoms with Crippen LogP contribution in [-0.2, 0) is 0 Å². The van der Waals surface area contributed by atoms with E-state index in [1.165, 1.54) is 4.90 Å². The predicted molar refractivity (Wildman–Crippen MR) is 101 cm³/mol. The second-order valence-corrected chi connectivity index (χ2v) is 6.00. The zero-order chi connectivity index (χ0) is 17.8. The van der Waals surface area contributed by atoms with E-state index in [-0.39, 0.29) is 11.6 Å². The molecule has 3 rings (SSSR count). The first-order valence-corrected chi connectivity index (χ1v) is 8.12. The van der Waals surface area contributed by atoms with Gasteiger partial charge in [0.1, 0.15) is 0 Å². The van der Waals surface area contributed by atoms with Crippen LogP contribution in [0.15, 0.2) is 60.7 Å². The fourth-order valence-electron chi connectivity index (χ4n) is 2.27. The van der Waals surface area contributed by atoms with Crippen molar-refractivity contribution in [1.29, 1.82) is 0 Å². The number of carbonyl (C=O) groups excluding carboxylic acids is 1. The van der Waals surface area contributed by atoms with Crippen molar-refractivity contribution in [2.24, 2.45) is 0 Å². The smallest absolute Gasteiger partial charge is 0.278 e. The number of anilines is 3.